The molecule has 0 aliphatic carbocycles. The van der Waals surface area contributed by atoms with Crippen LogP contribution in [0.3, 0.4) is 0 Å². The Balaban J connectivity index is 2.39. The molecular formula is C15H30N2O. The first-order chi connectivity index (χ1) is 8.69. The van der Waals surface area contributed by atoms with Gasteiger partial charge in [-0.25, -0.2) is 0 Å². The summed E-state index contributed by atoms with van der Waals surface area (Å²) in [6.07, 6.45) is 9.17. The molecule has 1 fully saturated rings. The van der Waals surface area contributed by atoms with E-state index >= 15 is 0 Å². The van der Waals surface area contributed by atoms with E-state index in [1.54, 1.807) is 0 Å². The summed E-state index contributed by atoms with van der Waals surface area (Å²) in [6.45, 7) is 6.22. The van der Waals surface area contributed by atoms with Gasteiger partial charge in [0.05, 0.1) is 6.04 Å². The number of carbonyl (C=O) groups is 1. The van der Waals surface area contributed by atoms with Gasteiger partial charge >= 0.3 is 0 Å². The summed E-state index contributed by atoms with van der Waals surface area (Å²) < 4.78 is 0. The molecule has 0 bridgehead atoms. The topological polar surface area (TPSA) is 46.3 Å². The van der Waals surface area contributed by atoms with Crippen LogP contribution in [-0.4, -0.2) is 29.9 Å². The average Bonchev–Trinajstić information content (AvgIpc) is 2.61. The van der Waals surface area contributed by atoms with Gasteiger partial charge in [-0.05, 0) is 31.6 Å². The van der Waals surface area contributed by atoms with Crippen molar-refractivity contribution in [2.75, 3.05) is 13.1 Å². The van der Waals surface area contributed by atoms with Crippen LogP contribution in [0.4, 0.5) is 0 Å². The van der Waals surface area contributed by atoms with Crippen molar-refractivity contribution in [2.24, 2.45) is 11.7 Å². The third kappa shape index (κ3) is 4.97. The highest BCUT2D eigenvalue weighted by Crippen LogP contribution is 2.22. The van der Waals surface area contributed by atoms with E-state index in [-0.39, 0.29) is 11.9 Å². The van der Waals surface area contributed by atoms with Gasteiger partial charge in [-0.2, -0.15) is 0 Å². The van der Waals surface area contributed by atoms with Crippen molar-refractivity contribution in [2.45, 2.75) is 71.3 Å². The predicted molar refractivity (Wildman–Crippen MR) is 76.3 cm³/mol. The summed E-state index contributed by atoms with van der Waals surface area (Å²) in [4.78, 5) is 14.2. The standard InChI is InChI=1S/C15H30N2O/c1-3-5-9-14(16)15(18)17-11-6-8-13(7-4-2)10-12-17/h13-14H,3-12,16H2,1-2H3. The Morgan fingerprint density at radius 1 is 1.28 bits per heavy atom. The maximum absolute atomic E-state index is 12.2. The third-order valence-electron chi connectivity index (χ3n) is 4.04. The molecule has 106 valence electrons. The smallest absolute Gasteiger partial charge is 0.239 e. The van der Waals surface area contributed by atoms with E-state index < -0.39 is 0 Å². The van der Waals surface area contributed by atoms with Crippen LogP contribution < -0.4 is 5.73 Å². The highest BCUT2D eigenvalue weighted by molar-refractivity contribution is 5.81. The lowest BCUT2D eigenvalue weighted by atomic mass is 9.96. The molecule has 18 heavy (non-hydrogen) atoms. The molecule has 1 heterocycles. The maximum atomic E-state index is 12.2. The molecule has 2 atom stereocenters. The minimum atomic E-state index is -0.271. The Morgan fingerprint density at radius 3 is 2.72 bits per heavy atom. The van der Waals surface area contributed by atoms with E-state index in [9.17, 15) is 4.79 Å². The van der Waals surface area contributed by atoms with Gasteiger partial charge in [0.2, 0.25) is 5.91 Å². The molecule has 1 aliphatic rings. The predicted octanol–water partition coefficient (Wildman–Crippen LogP) is 2.93. The molecule has 1 saturated heterocycles. The number of rotatable bonds is 6. The quantitative estimate of drug-likeness (QED) is 0.792. The zero-order valence-corrected chi connectivity index (χ0v) is 12.2. The zero-order valence-electron chi connectivity index (χ0n) is 12.2. The molecule has 1 amide bonds. The van der Waals surface area contributed by atoms with Crippen molar-refractivity contribution in [1.29, 1.82) is 0 Å². The average molecular weight is 254 g/mol. The normalized spacial score (nSPS) is 22.6. The van der Waals surface area contributed by atoms with Crippen LogP contribution in [0.1, 0.15) is 65.2 Å². The molecule has 0 aromatic heterocycles. The molecule has 2 unspecified atom stereocenters. The fraction of sp³-hybridized carbons (Fsp3) is 0.933. The molecule has 2 N–H and O–H groups in total. The van der Waals surface area contributed by atoms with E-state index in [0.29, 0.717) is 0 Å². The molecule has 0 aromatic carbocycles. The van der Waals surface area contributed by atoms with E-state index in [1.165, 1.54) is 25.7 Å². The minimum Gasteiger partial charge on any atom is -0.341 e. The van der Waals surface area contributed by atoms with Crippen molar-refractivity contribution >= 4 is 5.91 Å². The van der Waals surface area contributed by atoms with Crippen molar-refractivity contribution in [3.63, 3.8) is 0 Å². The van der Waals surface area contributed by atoms with Crippen LogP contribution in [0.2, 0.25) is 0 Å². The Labute approximate surface area is 112 Å². The lowest BCUT2D eigenvalue weighted by Crippen LogP contribution is -2.44. The largest absolute Gasteiger partial charge is 0.341 e. The van der Waals surface area contributed by atoms with Crippen LogP contribution >= 0.6 is 0 Å². The van der Waals surface area contributed by atoms with Gasteiger partial charge in [0.25, 0.3) is 0 Å². The highest BCUT2D eigenvalue weighted by atomic mass is 16.2. The molecule has 0 radical (unpaired) electrons. The van der Waals surface area contributed by atoms with Crippen molar-refractivity contribution < 1.29 is 4.79 Å². The Hall–Kier alpha value is -0.570. The first-order valence-corrected chi connectivity index (χ1v) is 7.73. The lowest BCUT2D eigenvalue weighted by molar-refractivity contribution is -0.132. The van der Waals surface area contributed by atoms with E-state index in [0.717, 1.165) is 44.7 Å². The number of likely N-dealkylation sites (tertiary alicyclic amines) is 1. The number of unbranched alkanes of at least 4 members (excludes halogenated alkanes) is 1. The first kappa shape index (κ1) is 15.5. The van der Waals surface area contributed by atoms with E-state index in [1.807, 2.05) is 4.90 Å². The summed E-state index contributed by atoms with van der Waals surface area (Å²) in [7, 11) is 0. The lowest BCUT2D eigenvalue weighted by Gasteiger charge is -2.24. The van der Waals surface area contributed by atoms with Crippen molar-refractivity contribution in [3.8, 4) is 0 Å². The fourth-order valence-corrected chi connectivity index (χ4v) is 2.86. The van der Waals surface area contributed by atoms with Crippen LogP contribution in [0, 0.1) is 5.92 Å². The zero-order chi connectivity index (χ0) is 13.4. The van der Waals surface area contributed by atoms with Crippen molar-refractivity contribution in [3.05, 3.63) is 0 Å². The van der Waals surface area contributed by atoms with Crippen molar-refractivity contribution in [1.82, 2.24) is 4.90 Å². The number of carbonyl (C=O) groups excluding carboxylic acids is 1. The molecule has 1 aliphatic heterocycles. The number of nitrogens with zero attached hydrogens (tertiary/aromatic N) is 1. The first-order valence-electron chi connectivity index (χ1n) is 7.73. The molecule has 0 spiro atoms. The van der Waals surface area contributed by atoms with Crippen LogP contribution in [0.15, 0.2) is 0 Å². The summed E-state index contributed by atoms with van der Waals surface area (Å²) in [6, 6.07) is -0.271. The number of hydrogen-bond donors (Lipinski definition) is 1. The minimum absolute atomic E-state index is 0.181. The second-order valence-corrected chi connectivity index (χ2v) is 5.66. The summed E-state index contributed by atoms with van der Waals surface area (Å²) >= 11 is 0. The van der Waals surface area contributed by atoms with Gasteiger partial charge in [0.15, 0.2) is 0 Å². The molecule has 3 nitrogen and oxygen atoms in total. The van der Waals surface area contributed by atoms with Gasteiger partial charge < -0.3 is 10.6 Å². The Morgan fingerprint density at radius 2 is 2.06 bits per heavy atom. The molecule has 0 aromatic rings. The highest BCUT2D eigenvalue weighted by Gasteiger charge is 2.23. The summed E-state index contributed by atoms with van der Waals surface area (Å²) in [5.74, 6) is 1.00. The fourth-order valence-electron chi connectivity index (χ4n) is 2.86. The van der Waals surface area contributed by atoms with Crippen LogP contribution in [0.25, 0.3) is 0 Å². The summed E-state index contributed by atoms with van der Waals surface area (Å²) in [5, 5.41) is 0. The SMILES string of the molecule is CCCCC(N)C(=O)N1CCCC(CCC)CC1. The Bertz CT molecular complexity index is 243. The number of hydrogen-bond acceptors (Lipinski definition) is 2. The van der Waals surface area contributed by atoms with Crippen LogP contribution in [-0.2, 0) is 4.79 Å². The molecule has 1 rings (SSSR count). The van der Waals surface area contributed by atoms with Gasteiger partial charge in [0.1, 0.15) is 0 Å². The summed E-state index contributed by atoms with van der Waals surface area (Å²) in [5.41, 5.74) is 5.99. The van der Waals surface area contributed by atoms with E-state index in [4.69, 9.17) is 5.73 Å². The van der Waals surface area contributed by atoms with Gasteiger partial charge in [0, 0.05) is 13.1 Å². The van der Waals surface area contributed by atoms with Gasteiger partial charge in [-0.15, -0.1) is 0 Å². The van der Waals surface area contributed by atoms with Gasteiger partial charge in [-0.1, -0.05) is 39.5 Å². The number of amides is 1. The third-order valence-corrected chi connectivity index (χ3v) is 4.04. The van der Waals surface area contributed by atoms with E-state index in [2.05, 4.69) is 13.8 Å². The van der Waals surface area contributed by atoms with Crippen LogP contribution in [0.5, 0.6) is 0 Å². The monoisotopic (exact) mass is 254 g/mol. The second kappa shape index (κ2) is 8.52. The maximum Gasteiger partial charge on any atom is 0.239 e. The molecular weight excluding hydrogens is 224 g/mol. The molecule has 3 heteroatoms. The van der Waals surface area contributed by atoms with Gasteiger partial charge in [-0.3, -0.25) is 4.79 Å². The molecule has 0 saturated carbocycles. The Kier molecular flexibility index (Phi) is 7.33. The number of nitrogens with two attached hydrogens (primary N) is 1. The second-order valence-electron chi connectivity index (χ2n) is 5.66.